The molecular weight excluding hydrogens is 282 g/mol. The minimum absolute atomic E-state index is 0.325. The normalized spacial score (nSPS) is 11.3. The number of amides is 1. The Hall–Kier alpha value is -2.03. The summed E-state index contributed by atoms with van der Waals surface area (Å²) in [5.74, 6) is 0.815. The van der Waals surface area contributed by atoms with Crippen LogP contribution in [0.15, 0.2) is 10.7 Å². The third kappa shape index (κ3) is 4.26. The number of aromatic nitrogens is 4. The lowest BCUT2D eigenvalue weighted by atomic mass is 10.2. The lowest BCUT2D eigenvalue weighted by Gasteiger charge is -2.19. The largest absolute Gasteiger partial charge is 0.444 e. The number of ether oxygens (including phenoxy) is 1. The van der Waals surface area contributed by atoms with Gasteiger partial charge in [0.25, 0.3) is 5.89 Å². The second kappa shape index (κ2) is 5.95. The first kappa shape index (κ1) is 14.4. The molecule has 0 saturated carbocycles. The standard InChI is InChI=1S/C11H15N5O3S/c1-11(2,3)18-10(17)12-5-4-8-14-9(19-15-8)7-6-13-20-16-7/h6H,4-5H2,1-3H3,(H,12,17). The van der Waals surface area contributed by atoms with Crippen LogP contribution in [0.25, 0.3) is 11.6 Å². The fourth-order valence-corrected chi connectivity index (χ4v) is 1.72. The Morgan fingerprint density at radius 2 is 2.30 bits per heavy atom. The summed E-state index contributed by atoms with van der Waals surface area (Å²) in [7, 11) is 0. The molecule has 0 saturated heterocycles. The van der Waals surface area contributed by atoms with E-state index in [2.05, 4.69) is 24.2 Å². The second-order valence-electron chi connectivity index (χ2n) is 4.99. The van der Waals surface area contributed by atoms with Crippen LogP contribution >= 0.6 is 11.7 Å². The monoisotopic (exact) mass is 297 g/mol. The van der Waals surface area contributed by atoms with Crippen LogP contribution in [0.3, 0.4) is 0 Å². The van der Waals surface area contributed by atoms with Crippen molar-refractivity contribution in [3.63, 3.8) is 0 Å². The quantitative estimate of drug-likeness (QED) is 0.915. The van der Waals surface area contributed by atoms with Gasteiger partial charge in [0.2, 0.25) is 0 Å². The summed E-state index contributed by atoms with van der Waals surface area (Å²) in [6.07, 6.45) is 1.53. The summed E-state index contributed by atoms with van der Waals surface area (Å²) >= 11 is 1.07. The van der Waals surface area contributed by atoms with E-state index >= 15 is 0 Å². The van der Waals surface area contributed by atoms with Crippen molar-refractivity contribution in [1.82, 2.24) is 24.2 Å². The van der Waals surface area contributed by atoms with E-state index < -0.39 is 11.7 Å². The van der Waals surface area contributed by atoms with Gasteiger partial charge in [0.05, 0.1) is 17.9 Å². The van der Waals surface area contributed by atoms with E-state index in [0.717, 1.165) is 11.7 Å². The molecule has 108 valence electrons. The highest BCUT2D eigenvalue weighted by atomic mass is 32.1. The number of rotatable bonds is 4. The van der Waals surface area contributed by atoms with E-state index in [-0.39, 0.29) is 0 Å². The fraction of sp³-hybridized carbons (Fsp3) is 0.545. The molecule has 9 heteroatoms. The smallest absolute Gasteiger partial charge is 0.407 e. The number of carbonyl (C=O) groups excluding carboxylic acids is 1. The molecule has 0 radical (unpaired) electrons. The van der Waals surface area contributed by atoms with Gasteiger partial charge in [0.1, 0.15) is 5.60 Å². The van der Waals surface area contributed by atoms with Gasteiger partial charge in [0.15, 0.2) is 11.5 Å². The van der Waals surface area contributed by atoms with E-state index in [1.807, 2.05) is 0 Å². The number of hydrogen-bond donors (Lipinski definition) is 1. The van der Waals surface area contributed by atoms with Gasteiger partial charge in [-0.2, -0.15) is 13.7 Å². The van der Waals surface area contributed by atoms with Crippen molar-refractivity contribution in [1.29, 1.82) is 0 Å². The summed E-state index contributed by atoms with van der Waals surface area (Å²) in [5.41, 5.74) is 0.0370. The van der Waals surface area contributed by atoms with Crippen molar-refractivity contribution in [2.24, 2.45) is 0 Å². The molecule has 0 aromatic carbocycles. The van der Waals surface area contributed by atoms with Crippen molar-refractivity contribution < 1.29 is 14.1 Å². The molecule has 1 N–H and O–H groups in total. The van der Waals surface area contributed by atoms with Crippen LogP contribution < -0.4 is 5.32 Å². The highest BCUT2D eigenvalue weighted by Crippen LogP contribution is 2.14. The molecule has 0 aliphatic heterocycles. The summed E-state index contributed by atoms with van der Waals surface area (Å²) in [6.45, 7) is 5.78. The van der Waals surface area contributed by atoms with Gasteiger partial charge in [0, 0.05) is 13.0 Å². The number of carbonyl (C=O) groups is 1. The topological polar surface area (TPSA) is 103 Å². The first-order chi connectivity index (χ1) is 9.44. The molecule has 0 aliphatic carbocycles. The van der Waals surface area contributed by atoms with Gasteiger partial charge in [-0.25, -0.2) is 4.79 Å². The van der Waals surface area contributed by atoms with E-state index in [1.165, 1.54) is 0 Å². The molecule has 0 fully saturated rings. The average Bonchev–Trinajstić information content (AvgIpc) is 2.96. The first-order valence-electron chi connectivity index (χ1n) is 6.01. The van der Waals surface area contributed by atoms with E-state index in [4.69, 9.17) is 9.26 Å². The second-order valence-corrected chi connectivity index (χ2v) is 5.54. The Balaban J connectivity index is 1.79. The Morgan fingerprint density at radius 1 is 1.50 bits per heavy atom. The summed E-state index contributed by atoms with van der Waals surface area (Å²) in [5, 5.41) is 6.43. The number of hydrogen-bond acceptors (Lipinski definition) is 8. The lowest BCUT2D eigenvalue weighted by molar-refractivity contribution is 0.0528. The molecule has 20 heavy (non-hydrogen) atoms. The summed E-state index contributed by atoms with van der Waals surface area (Å²) in [4.78, 5) is 15.6. The van der Waals surface area contributed by atoms with Crippen LogP contribution in [0.2, 0.25) is 0 Å². The highest BCUT2D eigenvalue weighted by Gasteiger charge is 2.16. The van der Waals surface area contributed by atoms with Gasteiger partial charge >= 0.3 is 6.09 Å². The van der Waals surface area contributed by atoms with Crippen molar-refractivity contribution in [3.05, 3.63) is 12.0 Å². The average molecular weight is 297 g/mol. The predicted octanol–water partition coefficient (Wildman–Crippen LogP) is 1.66. The Kier molecular flexibility index (Phi) is 4.28. The summed E-state index contributed by atoms with van der Waals surface area (Å²) < 4.78 is 18.0. The third-order valence-corrected chi connectivity index (χ3v) is 2.54. The zero-order valence-electron chi connectivity index (χ0n) is 11.4. The molecule has 0 unspecified atom stereocenters. The molecule has 2 aromatic rings. The Labute approximate surface area is 119 Å². The first-order valence-corrected chi connectivity index (χ1v) is 6.74. The predicted molar refractivity (Wildman–Crippen MR) is 71.1 cm³/mol. The minimum atomic E-state index is -0.513. The third-order valence-electron chi connectivity index (χ3n) is 2.07. The van der Waals surface area contributed by atoms with Gasteiger partial charge in [-0.1, -0.05) is 5.16 Å². The molecule has 8 nitrogen and oxygen atoms in total. The number of nitrogens with one attached hydrogen (secondary N) is 1. The molecule has 2 heterocycles. The molecule has 2 aromatic heterocycles. The van der Waals surface area contributed by atoms with Crippen LogP contribution in [0.1, 0.15) is 26.6 Å². The molecule has 1 amide bonds. The SMILES string of the molecule is CC(C)(C)OC(=O)NCCc1noc(-c2cnsn2)n1. The van der Waals surface area contributed by atoms with Crippen LogP contribution in [-0.2, 0) is 11.2 Å². The zero-order chi connectivity index (χ0) is 14.6. The van der Waals surface area contributed by atoms with Crippen LogP contribution in [0.5, 0.6) is 0 Å². The maximum atomic E-state index is 11.4. The number of nitrogens with zero attached hydrogens (tertiary/aromatic N) is 4. The maximum absolute atomic E-state index is 11.4. The van der Waals surface area contributed by atoms with Crippen LogP contribution in [0, 0.1) is 0 Å². The fourth-order valence-electron chi connectivity index (χ4n) is 1.31. The van der Waals surface area contributed by atoms with Crippen LogP contribution in [-0.4, -0.2) is 37.1 Å². The molecular formula is C11H15N5O3S. The minimum Gasteiger partial charge on any atom is -0.444 e. The molecule has 0 aliphatic rings. The Bertz CT molecular complexity index is 561. The van der Waals surface area contributed by atoms with Crippen molar-refractivity contribution in [2.45, 2.75) is 32.8 Å². The van der Waals surface area contributed by atoms with Crippen molar-refractivity contribution >= 4 is 17.8 Å². The number of alkyl carbamates (subject to hydrolysis) is 1. The van der Waals surface area contributed by atoms with Gasteiger partial charge < -0.3 is 14.6 Å². The molecule has 0 atom stereocenters. The van der Waals surface area contributed by atoms with E-state index in [9.17, 15) is 4.79 Å². The maximum Gasteiger partial charge on any atom is 0.407 e. The zero-order valence-corrected chi connectivity index (χ0v) is 12.2. The molecule has 0 bridgehead atoms. The van der Waals surface area contributed by atoms with E-state index in [1.54, 1.807) is 27.0 Å². The highest BCUT2D eigenvalue weighted by molar-refractivity contribution is 6.99. The Morgan fingerprint density at radius 3 is 2.95 bits per heavy atom. The van der Waals surface area contributed by atoms with Gasteiger partial charge in [-0.15, -0.1) is 0 Å². The summed E-state index contributed by atoms with van der Waals surface area (Å²) in [6, 6.07) is 0. The van der Waals surface area contributed by atoms with Crippen molar-refractivity contribution in [3.8, 4) is 11.6 Å². The van der Waals surface area contributed by atoms with Crippen LogP contribution in [0.4, 0.5) is 4.79 Å². The molecule has 0 spiro atoms. The van der Waals surface area contributed by atoms with Gasteiger partial charge in [-0.05, 0) is 20.8 Å². The van der Waals surface area contributed by atoms with E-state index in [0.29, 0.717) is 30.4 Å². The van der Waals surface area contributed by atoms with Crippen molar-refractivity contribution in [2.75, 3.05) is 6.54 Å². The van der Waals surface area contributed by atoms with Gasteiger partial charge in [-0.3, -0.25) is 0 Å². The molecule has 2 rings (SSSR count). The lowest BCUT2D eigenvalue weighted by Crippen LogP contribution is -2.33.